The molecule has 1 heterocycles. The monoisotopic (exact) mass is 367 g/mol. The lowest BCUT2D eigenvalue weighted by Gasteiger charge is -2.15. The highest BCUT2D eigenvalue weighted by Crippen LogP contribution is 2.25. The van der Waals surface area contributed by atoms with Gasteiger partial charge >= 0.3 is 5.97 Å². The first kappa shape index (κ1) is 18.6. The van der Waals surface area contributed by atoms with Crippen LogP contribution in [0, 0.1) is 0 Å². The van der Waals surface area contributed by atoms with Gasteiger partial charge in [0.05, 0.1) is 18.2 Å². The zero-order chi connectivity index (χ0) is 19.4. The van der Waals surface area contributed by atoms with Gasteiger partial charge in [-0.05, 0) is 49.2 Å². The molecule has 0 spiro atoms. The lowest BCUT2D eigenvalue weighted by Crippen LogP contribution is -2.23. The second kappa shape index (κ2) is 8.03. The summed E-state index contributed by atoms with van der Waals surface area (Å²) in [7, 11) is 1.48. The summed E-state index contributed by atoms with van der Waals surface area (Å²) in [6.45, 7) is 2.75. The molecule has 1 aliphatic rings. The molecule has 140 valence electrons. The maximum Gasteiger partial charge on any atom is 0.343 e. The van der Waals surface area contributed by atoms with Gasteiger partial charge in [0.15, 0.2) is 5.78 Å². The number of hydrogen-bond acceptors (Lipinski definition) is 5. The third-order valence-electron chi connectivity index (χ3n) is 4.50. The number of hydrogen-bond donors (Lipinski definition) is 0. The highest BCUT2D eigenvalue weighted by Gasteiger charge is 2.20. The molecular formula is C21H21NO5. The van der Waals surface area contributed by atoms with Crippen molar-refractivity contribution in [3.63, 3.8) is 0 Å². The minimum absolute atomic E-state index is 0.166. The van der Waals surface area contributed by atoms with Crippen molar-refractivity contribution in [2.24, 2.45) is 0 Å². The molecule has 6 heteroatoms. The number of likely N-dealkylation sites (tertiary alicyclic amines) is 1. The molecule has 1 saturated heterocycles. The molecule has 0 radical (unpaired) electrons. The average Bonchev–Trinajstić information content (AvgIpc) is 3.06. The first-order valence-electron chi connectivity index (χ1n) is 8.76. The van der Waals surface area contributed by atoms with E-state index in [1.54, 1.807) is 24.3 Å². The van der Waals surface area contributed by atoms with E-state index in [-0.39, 0.29) is 17.4 Å². The van der Waals surface area contributed by atoms with Crippen molar-refractivity contribution in [2.45, 2.75) is 26.3 Å². The predicted octanol–water partition coefficient (Wildman–Crippen LogP) is 3.24. The van der Waals surface area contributed by atoms with Gasteiger partial charge in [-0.3, -0.25) is 9.59 Å². The summed E-state index contributed by atoms with van der Waals surface area (Å²) in [6.07, 6.45) is 1.50. The van der Waals surface area contributed by atoms with Crippen LogP contribution in [0.3, 0.4) is 0 Å². The normalized spacial score (nSPS) is 13.6. The van der Waals surface area contributed by atoms with Crippen molar-refractivity contribution in [3.05, 3.63) is 59.2 Å². The summed E-state index contributed by atoms with van der Waals surface area (Å²) in [5, 5.41) is 0. The largest absolute Gasteiger partial charge is 0.496 e. The van der Waals surface area contributed by atoms with Crippen molar-refractivity contribution in [1.29, 1.82) is 0 Å². The molecule has 0 N–H and O–H groups in total. The molecule has 6 nitrogen and oxygen atoms in total. The highest BCUT2D eigenvalue weighted by molar-refractivity contribution is 5.97. The molecule has 0 unspecified atom stereocenters. The van der Waals surface area contributed by atoms with Gasteiger partial charge in [0.2, 0.25) is 5.91 Å². The van der Waals surface area contributed by atoms with Crippen LogP contribution in [0.2, 0.25) is 0 Å². The molecule has 0 aromatic heterocycles. The first-order chi connectivity index (χ1) is 13.0. The minimum Gasteiger partial charge on any atom is -0.496 e. The van der Waals surface area contributed by atoms with Crippen LogP contribution in [-0.4, -0.2) is 36.2 Å². The lowest BCUT2D eigenvalue weighted by atomic mass is 10.1. The molecule has 1 aliphatic heterocycles. The van der Waals surface area contributed by atoms with Crippen LogP contribution in [0.5, 0.6) is 11.5 Å². The smallest absolute Gasteiger partial charge is 0.343 e. The van der Waals surface area contributed by atoms with E-state index in [9.17, 15) is 14.4 Å². The number of Topliss-reactive ketones (excluding diaryl/α,β-unsaturated/α-hetero) is 1. The van der Waals surface area contributed by atoms with Gasteiger partial charge < -0.3 is 14.4 Å². The van der Waals surface area contributed by atoms with E-state index in [1.807, 2.05) is 17.0 Å². The van der Waals surface area contributed by atoms with Gasteiger partial charge in [-0.15, -0.1) is 0 Å². The van der Waals surface area contributed by atoms with Crippen LogP contribution in [0.15, 0.2) is 42.5 Å². The van der Waals surface area contributed by atoms with E-state index in [0.717, 1.165) is 18.5 Å². The van der Waals surface area contributed by atoms with E-state index in [2.05, 4.69) is 0 Å². The standard InChI is InChI=1S/C21H21NO5/c1-14(23)18-12-17(9-10-19(18)26-2)27-21(25)16-7-5-15(6-8-16)13-22-11-3-4-20(22)24/h5-10,12H,3-4,11,13H2,1-2H3. The number of methoxy groups -OCH3 is 1. The Balaban J connectivity index is 1.68. The number of esters is 1. The quantitative estimate of drug-likeness (QED) is 0.445. The summed E-state index contributed by atoms with van der Waals surface area (Å²) < 4.78 is 10.5. The number of ether oxygens (including phenoxy) is 2. The topological polar surface area (TPSA) is 72.9 Å². The van der Waals surface area contributed by atoms with Gasteiger partial charge in [0.25, 0.3) is 0 Å². The van der Waals surface area contributed by atoms with Crippen LogP contribution in [0.4, 0.5) is 0 Å². The number of carbonyl (C=O) groups is 3. The molecule has 0 atom stereocenters. The molecule has 0 bridgehead atoms. The molecule has 0 aliphatic carbocycles. The Morgan fingerprint density at radius 1 is 1.11 bits per heavy atom. The van der Waals surface area contributed by atoms with Crippen molar-refractivity contribution < 1.29 is 23.9 Å². The molecule has 1 fully saturated rings. The second-order valence-corrected chi connectivity index (χ2v) is 6.42. The van der Waals surface area contributed by atoms with Crippen LogP contribution >= 0.6 is 0 Å². The number of ketones is 1. The number of carbonyl (C=O) groups excluding carboxylic acids is 3. The number of nitrogens with zero attached hydrogens (tertiary/aromatic N) is 1. The highest BCUT2D eigenvalue weighted by atomic mass is 16.5. The van der Waals surface area contributed by atoms with Gasteiger partial charge in [-0.2, -0.15) is 0 Å². The molecule has 1 amide bonds. The molecular weight excluding hydrogens is 346 g/mol. The van der Waals surface area contributed by atoms with Crippen molar-refractivity contribution in [3.8, 4) is 11.5 Å². The summed E-state index contributed by atoms with van der Waals surface area (Å²) in [6, 6.07) is 11.6. The van der Waals surface area contributed by atoms with E-state index in [1.165, 1.54) is 20.1 Å². The van der Waals surface area contributed by atoms with E-state index in [4.69, 9.17) is 9.47 Å². The Hall–Kier alpha value is -3.15. The Morgan fingerprint density at radius 3 is 2.44 bits per heavy atom. The third-order valence-corrected chi connectivity index (χ3v) is 4.50. The maximum absolute atomic E-state index is 12.4. The Kier molecular flexibility index (Phi) is 5.54. The molecule has 0 saturated carbocycles. The van der Waals surface area contributed by atoms with E-state index in [0.29, 0.717) is 29.8 Å². The maximum atomic E-state index is 12.4. The van der Waals surface area contributed by atoms with Gasteiger partial charge in [0, 0.05) is 19.5 Å². The van der Waals surface area contributed by atoms with E-state index < -0.39 is 5.97 Å². The Labute approximate surface area is 157 Å². The summed E-state index contributed by atoms with van der Waals surface area (Å²) in [4.78, 5) is 37.6. The van der Waals surface area contributed by atoms with Gasteiger partial charge in [0.1, 0.15) is 11.5 Å². The van der Waals surface area contributed by atoms with Crippen molar-refractivity contribution in [2.75, 3.05) is 13.7 Å². The van der Waals surface area contributed by atoms with E-state index >= 15 is 0 Å². The number of benzene rings is 2. The van der Waals surface area contributed by atoms with Crippen LogP contribution in [0.1, 0.15) is 46.0 Å². The summed E-state index contributed by atoms with van der Waals surface area (Å²) in [5.74, 6) is 0.184. The zero-order valence-electron chi connectivity index (χ0n) is 15.4. The fourth-order valence-corrected chi connectivity index (χ4v) is 3.03. The van der Waals surface area contributed by atoms with Crippen LogP contribution < -0.4 is 9.47 Å². The predicted molar refractivity (Wildman–Crippen MR) is 99.1 cm³/mol. The SMILES string of the molecule is COc1ccc(OC(=O)c2ccc(CN3CCCC3=O)cc2)cc1C(C)=O. The van der Waals surface area contributed by atoms with Crippen molar-refractivity contribution >= 4 is 17.7 Å². The minimum atomic E-state index is -0.515. The summed E-state index contributed by atoms with van der Waals surface area (Å²) >= 11 is 0. The van der Waals surface area contributed by atoms with Crippen LogP contribution in [-0.2, 0) is 11.3 Å². The van der Waals surface area contributed by atoms with Crippen molar-refractivity contribution in [1.82, 2.24) is 4.90 Å². The Bertz CT molecular complexity index is 873. The first-order valence-corrected chi connectivity index (χ1v) is 8.76. The molecule has 2 aromatic rings. The second-order valence-electron chi connectivity index (χ2n) is 6.42. The third kappa shape index (κ3) is 4.34. The number of amides is 1. The lowest BCUT2D eigenvalue weighted by molar-refractivity contribution is -0.128. The fourth-order valence-electron chi connectivity index (χ4n) is 3.03. The fraction of sp³-hybridized carbons (Fsp3) is 0.286. The van der Waals surface area contributed by atoms with Crippen LogP contribution in [0.25, 0.3) is 0 Å². The molecule has 27 heavy (non-hydrogen) atoms. The number of rotatable bonds is 6. The molecule has 3 rings (SSSR count). The van der Waals surface area contributed by atoms with Gasteiger partial charge in [-0.25, -0.2) is 4.79 Å². The average molecular weight is 367 g/mol. The van der Waals surface area contributed by atoms with Gasteiger partial charge in [-0.1, -0.05) is 12.1 Å². The summed E-state index contributed by atoms with van der Waals surface area (Å²) in [5.41, 5.74) is 1.71. The Morgan fingerprint density at radius 2 is 1.85 bits per heavy atom. The molecule has 2 aromatic carbocycles. The zero-order valence-corrected chi connectivity index (χ0v) is 15.4.